The molecule has 5 aliphatic carbocycles. The van der Waals surface area contributed by atoms with Crippen LogP contribution in [0, 0.1) is 40.9 Å². The summed E-state index contributed by atoms with van der Waals surface area (Å²) in [7, 11) is 2.17. The molecule has 13 heavy (non-hydrogen) atoms. The van der Waals surface area contributed by atoms with E-state index in [-0.39, 0.29) is 0 Å². The number of fused-ring (bicyclic) bond motifs is 1. The topological polar surface area (TPSA) is 12.0 Å². The number of nitrogens with one attached hydrogen (secondary N) is 1. The van der Waals surface area contributed by atoms with Gasteiger partial charge < -0.3 is 5.32 Å². The summed E-state index contributed by atoms with van der Waals surface area (Å²) >= 11 is 0. The summed E-state index contributed by atoms with van der Waals surface area (Å²) < 4.78 is 0. The Labute approximate surface area is 80.3 Å². The summed E-state index contributed by atoms with van der Waals surface area (Å²) in [6, 6.07) is 0.866. The van der Waals surface area contributed by atoms with E-state index in [1.165, 1.54) is 0 Å². The summed E-state index contributed by atoms with van der Waals surface area (Å²) in [4.78, 5) is 0. The van der Waals surface area contributed by atoms with Gasteiger partial charge in [0.2, 0.25) is 0 Å². The molecule has 0 heterocycles. The highest BCUT2D eigenvalue weighted by Crippen LogP contribution is 2.88. The largest absolute Gasteiger partial charge is 0.316 e. The van der Waals surface area contributed by atoms with Crippen LogP contribution >= 0.6 is 0 Å². The van der Waals surface area contributed by atoms with Gasteiger partial charge in [-0.1, -0.05) is 13.8 Å². The third kappa shape index (κ3) is 0.495. The molecule has 5 saturated carbocycles. The molecule has 5 fully saturated rings. The van der Waals surface area contributed by atoms with Crippen LogP contribution in [0.1, 0.15) is 20.3 Å². The van der Waals surface area contributed by atoms with E-state index in [0.29, 0.717) is 0 Å². The Hall–Kier alpha value is -0.0400. The Kier molecular flexibility index (Phi) is 0.959. The van der Waals surface area contributed by atoms with Gasteiger partial charge in [-0.3, -0.25) is 0 Å². The molecular formula is C12H19N. The van der Waals surface area contributed by atoms with Crippen LogP contribution in [-0.2, 0) is 0 Å². The van der Waals surface area contributed by atoms with Crippen LogP contribution in [0.2, 0.25) is 0 Å². The fraction of sp³-hybridized carbons (Fsp3) is 1.00. The van der Waals surface area contributed by atoms with Crippen LogP contribution in [-0.4, -0.2) is 13.1 Å². The molecule has 8 atom stereocenters. The molecule has 0 amide bonds. The average molecular weight is 177 g/mol. The predicted octanol–water partition coefficient (Wildman–Crippen LogP) is 1.74. The van der Waals surface area contributed by atoms with E-state index in [2.05, 4.69) is 26.2 Å². The number of hydrogen-bond donors (Lipinski definition) is 1. The van der Waals surface area contributed by atoms with Gasteiger partial charge in [0.25, 0.3) is 0 Å². The molecule has 0 radical (unpaired) electrons. The van der Waals surface area contributed by atoms with Crippen molar-refractivity contribution in [3.63, 3.8) is 0 Å². The summed E-state index contributed by atoms with van der Waals surface area (Å²) in [5.74, 6) is 6.54. The molecule has 8 unspecified atom stereocenters. The third-order valence-corrected chi connectivity index (χ3v) is 6.32. The molecule has 0 aromatic rings. The maximum atomic E-state index is 3.58. The second-order valence-corrected chi connectivity index (χ2v) is 6.05. The van der Waals surface area contributed by atoms with Gasteiger partial charge >= 0.3 is 0 Å². The minimum absolute atomic E-state index is 0.817. The molecule has 0 aliphatic heterocycles. The van der Waals surface area contributed by atoms with Crippen LogP contribution in [0.4, 0.5) is 0 Å². The van der Waals surface area contributed by atoms with Crippen molar-refractivity contribution in [3.05, 3.63) is 0 Å². The normalized spacial score (nSPS) is 76.4. The molecule has 1 N–H and O–H groups in total. The van der Waals surface area contributed by atoms with Crippen molar-refractivity contribution in [2.75, 3.05) is 7.05 Å². The van der Waals surface area contributed by atoms with Gasteiger partial charge in [-0.15, -0.1) is 0 Å². The Bertz CT molecular complexity index is 283. The van der Waals surface area contributed by atoms with Crippen LogP contribution < -0.4 is 5.32 Å². The highest BCUT2D eigenvalue weighted by molar-refractivity contribution is 5.34. The van der Waals surface area contributed by atoms with E-state index >= 15 is 0 Å². The standard InChI is InChI=1S/C12H19N/c1-5-8-9-7-4-12(5,7)6(2)11(13-3)10(8)9/h5-11,13H,4H2,1-3H3. The highest BCUT2D eigenvalue weighted by atomic mass is 15.0. The minimum Gasteiger partial charge on any atom is -0.316 e. The van der Waals surface area contributed by atoms with E-state index in [0.717, 1.165) is 47.0 Å². The average Bonchev–Trinajstić information content (AvgIpc) is 2.92. The first-order valence-electron chi connectivity index (χ1n) is 5.90. The van der Waals surface area contributed by atoms with E-state index < -0.39 is 0 Å². The molecule has 1 heteroatoms. The van der Waals surface area contributed by atoms with Crippen molar-refractivity contribution in [1.82, 2.24) is 5.32 Å². The van der Waals surface area contributed by atoms with Crippen LogP contribution in [0.3, 0.4) is 0 Å². The predicted molar refractivity (Wildman–Crippen MR) is 52.2 cm³/mol. The zero-order valence-electron chi connectivity index (χ0n) is 8.75. The fourth-order valence-corrected chi connectivity index (χ4v) is 5.81. The van der Waals surface area contributed by atoms with E-state index in [1.807, 2.05) is 0 Å². The van der Waals surface area contributed by atoms with Gasteiger partial charge in [-0.25, -0.2) is 0 Å². The zero-order chi connectivity index (χ0) is 8.96. The quantitative estimate of drug-likeness (QED) is 0.643. The molecule has 72 valence electrons. The van der Waals surface area contributed by atoms with E-state index in [9.17, 15) is 0 Å². The monoisotopic (exact) mass is 177 g/mol. The Morgan fingerprint density at radius 2 is 1.85 bits per heavy atom. The third-order valence-electron chi connectivity index (χ3n) is 6.32. The fourth-order valence-electron chi connectivity index (χ4n) is 5.81. The van der Waals surface area contributed by atoms with Crippen LogP contribution in [0.25, 0.3) is 0 Å². The number of rotatable bonds is 1. The maximum Gasteiger partial charge on any atom is 0.0129 e. The molecule has 5 rings (SSSR count). The summed E-state index contributed by atoms with van der Waals surface area (Å²) in [5, 5.41) is 3.58. The molecule has 0 aromatic heterocycles. The van der Waals surface area contributed by atoms with Crippen molar-refractivity contribution in [1.29, 1.82) is 0 Å². The lowest BCUT2D eigenvalue weighted by Crippen LogP contribution is -2.47. The van der Waals surface area contributed by atoms with Crippen molar-refractivity contribution in [2.45, 2.75) is 26.3 Å². The van der Waals surface area contributed by atoms with Gasteiger partial charge in [0.1, 0.15) is 0 Å². The molecule has 4 bridgehead atoms. The second-order valence-electron chi connectivity index (χ2n) is 6.05. The minimum atomic E-state index is 0.817. The first-order valence-corrected chi connectivity index (χ1v) is 5.90. The van der Waals surface area contributed by atoms with Crippen molar-refractivity contribution < 1.29 is 0 Å². The zero-order valence-corrected chi connectivity index (χ0v) is 8.75. The van der Waals surface area contributed by atoms with Gasteiger partial charge in [0.05, 0.1) is 0 Å². The lowest BCUT2D eigenvalue weighted by Gasteiger charge is -2.42. The number of hydrogen-bond acceptors (Lipinski definition) is 1. The van der Waals surface area contributed by atoms with Crippen molar-refractivity contribution >= 4 is 0 Å². The van der Waals surface area contributed by atoms with Crippen LogP contribution in [0.15, 0.2) is 0 Å². The summed E-state index contributed by atoms with van der Waals surface area (Å²) in [5.41, 5.74) is 0.817. The maximum absolute atomic E-state index is 3.58. The molecule has 0 aromatic carbocycles. The van der Waals surface area contributed by atoms with Crippen LogP contribution in [0.5, 0.6) is 0 Å². The van der Waals surface area contributed by atoms with Crippen molar-refractivity contribution in [3.8, 4) is 0 Å². The Morgan fingerprint density at radius 3 is 2.38 bits per heavy atom. The van der Waals surface area contributed by atoms with E-state index in [4.69, 9.17) is 0 Å². The molecule has 1 nitrogen and oxygen atoms in total. The molecule has 0 saturated heterocycles. The summed E-state index contributed by atoms with van der Waals surface area (Å²) in [6.07, 6.45) is 1.57. The van der Waals surface area contributed by atoms with Crippen molar-refractivity contribution in [2.24, 2.45) is 40.9 Å². The lowest BCUT2D eigenvalue weighted by atomic mass is 9.67. The second kappa shape index (κ2) is 1.71. The molecule has 1 spiro atoms. The molecule has 5 aliphatic rings. The smallest absolute Gasteiger partial charge is 0.0129 e. The Balaban J connectivity index is 1.81. The van der Waals surface area contributed by atoms with Gasteiger partial charge in [-0.2, -0.15) is 0 Å². The van der Waals surface area contributed by atoms with E-state index in [1.54, 1.807) is 6.42 Å². The van der Waals surface area contributed by atoms with Gasteiger partial charge in [-0.05, 0) is 54.4 Å². The summed E-state index contributed by atoms with van der Waals surface area (Å²) in [6.45, 7) is 5.04. The highest BCUT2D eigenvalue weighted by Gasteiger charge is 2.85. The first kappa shape index (κ1) is 7.28. The van der Waals surface area contributed by atoms with Gasteiger partial charge in [0.15, 0.2) is 0 Å². The Morgan fingerprint density at radius 1 is 1.08 bits per heavy atom. The molecular weight excluding hydrogens is 158 g/mol. The SMILES string of the molecule is CNC1C2C3C2C2CC2(C1C)C3C. The lowest BCUT2D eigenvalue weighted by molar-refractivity contribution is 0.0891. The first-order chi connectivity index (χ1) is 6.23. The van der Waals surface area contributed by atoms with Gasteiger partial charge in [0, 0.05) is 6.04 Å².